The van der Waals surface area contributed by atoms with E-state index in [1.54, 1.807) is 13.2 Å². The minimum absolute atomic E-state index is 0.132. The summed E-state index contributed by atoms with van der Waals surface area (Å²) in [5.41, 5.74) is 6.57. The number of hydrogen-bond acceptors (Lipinski definition) is 6. The van der Waals surface area contributed by atoms with Crippen LogP contribution in [0.4, 0.5) is 5.69 Å². The standard InChI is InChI=1S/C24H22N6O2S/c1-15-7-8-16(2)19(11-15)20-13-21-23-26-27-24(29(23)9-10-30(21)28-20)33-14-22(31)25-17-5-4-6-18(12-17)32-3/h4-13H,14H2,1-3H3,(H,25,31). The smallest absolute Gasteiger partial charge is 0.234 e. The number of carbonyl (C=O) groups is 1. The minimum atomic E-state index is -0.132. The van der Waals surface area contributed by atoms with Crippen molar-refractivity contribution in [3.05, 3.63) is 72.1 Å². The normalized spacial score (nSPS) is 11.2. The quantitative estimate of drug-likeness (QED) is 0.380. The lowest BCUT2D eigenvalue weighted by Gasteiger charge is -2.06. The predicted molar refractivity (Wildman–Crippen MR) is 129 cm³/mol. The molecule has 1 N–H and O–H groups in total. The maximum atomic E-state index is 12.4. The third kappa shape index (κ3) is 4.14. The third-order valence-electron chi connectivity index (χ3n) is 5.34. The number of benzene rings is 2. The fourth-order valence-corrected chi connectivity index (χ4v) is 4.38. The van der Waals surface area contributed by atoms with E-state index in [0.717, 1.165) is 16.8 Å². The summed E-state index contributed by atoms with van der Waals surface area (Å²) in [5.74, 6) is 0.762. The second kappa shape index (κ2) is 8.59. The third-order valence-corrected chi connectivity index (χ3v) is 6.28. The van der Waals surface area contributed by atoms with E-state index in [-0.39, 0.29) is 11.7 Å². The summed E-state index contributed by atoms with van der Waals surface area (Å²) in [6.07, 6.45) is 3.74. The molecular weight excluding hydrogens is 436 g/mol. The second-order valence-electron chi connectivity index (χ2n) is 7.72. The Morgan fingerprint density at radius 3 is 2.82 bits per heavy atom. The highest BCUT2D eigenvalue weighted by Gasteiger charge is 2.15. The van der Waals surface area contributed by atoms with Crippen molar-refractivity contribution in [2.24, 2.45) is 0 Å². The number of anilines is 1. The van der Waals surface area contributed by atoms with Crippen molar-refractivity contribution in [3.8, 4) is 17.0 Å². The summed E-state index contributed by atoms with van der Waals surface area (Å²) in [5, 5.41) is 16.9. The van der Waals surface area contributed by atoms with Gasteiger partial charge in [-0.05, 0) is 43.7 Å². The van der Waals surface area contributed by atoms with E-state index in [1.807, 2.05) is 45.6 Å². The molecule has 0 unspecified atom stereocenters. The van der Waals surface area contributed by atoms with Crippen LogP contribution in [-0.4, -0.2) is 43.0 Å². The number of methoxy groups -OCH3 is 1. The lowest BCUT2D eigenvalue weighted by atomic mass is 10.0. The molecule has 1 amide bonds. The van der Waals surface area contributed by atoms with E-state index in [0.29, 0.717) is 22.2 Å². The summed E-state index contributed by atoms with van der Waals surface area (Å²) in [4.78, 5) is 12.4. The van der Waals surface area contributed by atoms with Gasteiger partial charge in [0.15, 0.2) is 10.8 Å². The molecular formula is C24H22N6O2S. The van der Waals surface area contributed by atoms with Crippen molar-refractivity contribution >= 4 is 34.5 Å². The average molecular weight is 459 g/mol. The van der Waals surface area contributed by atoms with Crippen LogP contribution in [0.15, 0.2) is 66.1 Å². The number of carbonyl (C=O) groups excluding carboxylic acids is 1. The van der Waals surface area contributed by atoms with Gasteiger partial charge in [0.1, 0.15) is 11.3 Å². The highest BCUT2D eigenvalue weighted by Crippen LogP contribution is 2.27. The molecule has 0 aliphatic carbocycles. The molecule has 5 rings (SSSR count). The number of hydrogen-bond donors (Lipinski definition) is 1. The zero-order valence-corrected chi connectivity index (χ0v) is 19.3. The molecule has 166 valence electrons. The van der Waals surface area contributed by atoms with E-state index < -0.39 is 0 Å². The van der Waals surface area contributed by atoms with Crippen LogP contribution >= 0.6 is 11.8 Å². The molecule has 0 spiro atoms. The minimum Gasteiger partial charge on any atom is -0.497 e. The number of ether oxygens (including phenoxy) is 1. The Labute approximate surface area is 194 Å². The molecule has 0 saturated heterocycles. The first-order valence-electron chi connectivity index (χ1n) is 10.4. The Morgan fingerprint density at radius 2 is 1.97 bits per heavy atom. The summed E-state index contributed by atoms with van der Waals surface area (Å²) in [7, 11) is 1.59. The summed E-state index contributed by atoms with van der Waals surface area (Å²) in [6.45, 7) is 4.15. The largest absolute Gasteiger partial charge is 0.497 e. The number of nitrogens with zero attached hydrogens (tertiary/aromatic N) is 5. The van der Waals surface area contributed by atoms with Crippen molar-refractivity contribution in [1.82, 2.24) is 24.2 Å². The van der Waals surface area contributed by atoms with E-state index in [4.69, 9.17) is 9.84 Å². The first kappa shape index (κ1) is 21.0. The average Bonchev–Trinajstić information content (AvgIpc) is 3.43. The first-order chi connectivity index (χ1) is 16.0. The van der Waals surface area contributed by atoms with Crippen molar-refractivity contribution < 1.29 is 9.53 Å². The lowest BCUT2D eigenvalue weighted by molar-refractivity contribution is -0.113. The van der Waals surface area contributed by atoms with Gasteiger partial charge in [-0.3, -0.25) is 9.20 Å². The summed E-state index contributed by atoms with van der Waals surface area (Å²) in [6, 6.07) is 15.6. The number of fused-ring (bicyclic) bond motifs is 3. The molecule has 3 heterocycles. The molecule has 0 bridgehead atoms. The summed E-state index contributed by atoms with van der Waals surface area (Å²) < 4.78 is 8.89. The van der Waals surface area contributed by atoms with Crippen LogP contribution in [0.3, 0.4) is 0 Å². The van der Waals surface area contributed by atoms with Gasteiger partial charge in [-0.2, -0.15) is 5.10 Å². The number of aryl methyl sites for hydroxylation is 2. The number of aromatic nitrogens is 5. The predicted octanol–water partition coefficient (Wildman–Crippen LogP) is 4.40. The molecule has 0 aliphatic heterocycles. The van der Waals surface area contributed by atoms with Gasteiger partial charge in [-0.15, -0.1) is 10.2 Å². The van der Waals surface area contributed by atoms with Crippen LogP contribution in [0, 0.1) is 13.8 Å². The Hall–Kier alpha value is -3.85. The molecule has 2 aromatic carbocycles. The Balaban J connectivity index is 1.37. The first-order valence-corrected chi connectivity index (χ1v) is 11.4. The van der Waals surface area contributed by atoms with Crippen molar-refractivity contribution in [2.75, 3.05) is 18.2 Å². The van der Waals surface area contributed by atoms with Gasteiger partial charge < -0.3 is 10.1 Å². The molecule has 0 fully saturated rings. The Kier molecular flexibility index (Phi) is 5.47. The molecule has 0 aliphatic rings. The van der Waals surface area contributed by atoms with E-state index in [2.05, 4.69) is 47.6 Å². The Bertz CT molecular complexity index is 1490. The molecule has 0 atom stereocenters. The van der Waals surface area contributed by atoms with Gasteiger partial charge >= 0.3 is 0 Å². The van der Waals surface area contributed by atoms with Gasteiger partial charge in [-0.25, -0.2) is 4.52 Å². The lowest BCUT2D eigenvalue weighted by Crippen LogP contribution is -2.14. The van der Waals surface area contributed by atoms with Crippen LogP contribution in [0.25, 0.3) is 22.4 Å². The molecule has 33 heavy (non-hydrogen) atoms. The van der Waals surface area contributed by atoms with E-state index in [1.165, 1.54) is 22.9 Å². The maximum Gasteiger partial charge on any atom is 0.234 e. The number of nitrogens with one attached hydrogen (secondary N) is 1. The fourth-order valence-electron chi connectivity index (χ4n) is 3.66. The second-order valence-corrected chi connectivity index (χ2v) is 8.66. The summed E-state index contributed by atoms with van der Waals surface area (Å²) >= 11 is 1.33. The fraction of sp³-hybridized carbons (Fsp3) is 0.167. The van der Waals surface area contributed by atoms with Gasteiger partial charge in [0.2, 0.25) is 5.91 Å². The monoisotopic (exact) mass is 458 g/mol. The number of thioether (sulfide) groups is 1. The molecule has 9 heteroatoms. The van der Waals surface area contributed by atoms with E-state index in [9.17, 15) is 4.79 Å². The number of rotatable bonds is 6. The molecule has 3 aromatic heterocycles. The Morgan fingerprint density at radius 1 is 1.09 bits per heavy atom. The molecule has 8 nitrogen and oxygen atoms in total. The SMILES string of the molecule is COc1cccc(NC(=O)CSc2nnc3c4cc(-c5cc(C)ccc5C)nn4ccn23)c1. The number of amides is 1. The topological polar surface area (TPSA) is 85.8 Å². The van der Waals surface area contributed by atoms with Gasteiger partial charge in [0, 0.05) is 29.7 Å². The molecule has 0 saturated carbocycles. The van der Waals surface area contributed by atoms with Crippen molar-refractivity contribution in [1.29, 1.82) is 0 Å². The van der Waals surface area contributed by atoms with Gasteiger partial charge in [0.05, 0.1) is 18.6 Å². The zero-order chi connectivity index (χ0) is 22.9. The van der Waals surface area contributed by atoms with Crippen molar-refractivity contribution in [3.63, 3.8) is 0 Å². The molecule has 0 radical (unpaired) electrons. The van der Waals surface area contributed by atoms with Crippen LogP contribution in [-0.2, 0) is 4.79 Å². The zero-order valence-electron chi connectivity index (χ0n) is 18.4. The van der Waals surface area contributed by atoms with Gasteiger partial charge in [-0.1, -0.05) is 35.5 Å². The van der Waals surface area contributed by atoms with E-state index >= 15 is 0 Å². The highest BCUT2D eigenvalue weighted by molar-refractivity contribution is 7.99. The molecule has 5 aromatic rings. The van der Waals surface area contributed by atoms with Crippen molar-refractivity contribution in [2.45, 2.75) is 19.0 Å². The van der Waals surface area contributed by atoms with Crippen LogP contribution in [0.1, 0.15) is 11.1 Å². The van der Waals surface area contributed by atoms with Gasteiger partial charge in [0.25, 0.3) is 0 Å². The highest BCUT2D eigenvalue weighted by atomic mass is 32.2. The van der Waals surface area contributed by atoms with Crippen LogP contribution in [0.5, 0.6) is 5.75 Å². The van der Waals surface area contributed by atoms with Crippen LogP contribution < -0.4 is 10.1 Å². The van der Waals surface area contributed by atoms with Crippen LogP contribution in [0.2, 0.25) is 0 Å². The maximum absolute atomic E-state index is 12.4.